The number of thioether (sulfide) groups is 1. The van der Waals surface area contributed by atoms with Gasteiger partial charge in [0.1, 0.15) is 11.0 Å². The Morgan fingerprint density at radius 1 is 1.27 bits per heavy atom. The summed E-state index contributed by atoms with van der Waals surface area (Å²) in [6, 6.07) is 14.8. The molecule has 4 nitrogen and oxygen atoms in total. The van der Waals surface area contributed by atoms with Gasteiger partial charge in [-0.15, -0.1) is 11.3 Å². The fraction of sp³-hybridized carbons (Fsp3) is 0.158. The quantitative estimate of drug-likeness (QED) is 0.544. The number of hydrogen-bond acceptors (Lipinski definition) is 5. The highest BCUT2D eigenvalue weighted by molar-refractivity contribution is 8.01. The molecule has 134 valence electrons. The van der Waals surface area contributed by atoms with Crippen LogP contribution in [0.2, 0.25) is 5.02 Å². The van der Waals surface area contributed by atoms with Crippen molar-refractivity contribution in [3.8, 4) is 5.75 Å². The average Bonchev–Trinajstić information content (AvgIpc) is 3.05. The number of carbonyl (C=O) groups excluding carboxylic acids is 1. The molecule has 1 heterocycles. The molecule has 0 saturated carbocycles. The third-order valence-corrected chi connectivity index (χ3v) is 6.22. The van der Waals surface area contributed by atoms with E-state index in [9.17, 15) is 4.79 Å². The molecule has 2 aromatic carbocycles. The van der Waals surface area contributed by atoms with Crippen LogP contribution in [0, 0.1) is 6.92 Å². The van der Waals surface area contributed by atoms with Gasteiger partial charge in [0.25, 0.3) is 0 Å². The van der Waals surface area contributed by atoms with E-state index in [0.717, 1.165) is 15.6 Å². The summed E-state index contributed by atoms with van der Waals surface area (Å²) in [5, 5.41) is 4.95. The lowest BCUT2D eigenvalue weighted by molar-refractivity contribution is -0.115. The van der Waals surface area contributed by atoms with Crippen molar-refractivity contribution in [3.63, 3.8) is 0 Å². The number of halogens is 1. The molecule has 0 spiro atoms. The highest BCUT2D eigenvalue weighted by Gasteiger charge is 2.23. The second-order valence-electron chi connectivity index (χ2n) is 5.50. The number of benzene rings is 2. The first-order chi connectivity index (χ1) is 12.6. The smallest absolute Gasteiger partial charge is 0.242 e. The Balaban J connectivity index is 1.83. The van der Waals surface area contributed by atoms with Gasteiger partial charge in [0.15, 0.2) is 4.34 Å². The topological polar surface area (TPSA) is 51.2 Å². The van der Waals surface area contributed by atoms with Crippen LogP contribution in [0.1, 0.15) is 16.5 Å². The molecule has 3 aromatic rings. The van der Waals surface area contributed by atoms with E-state index in [1.165, 1.54) is 23.1 Å². The number of methoxy groups -OCH3 is 1. The lowest BCUT2D eigenvalue weighted by Gasteiger charge is -2.16. The van der Waals surface area contributed by atoms with Gasteiger partial charge in [0.2, 0.25) is 5.91 Å². The molecule has 1 unspecified atom stereocenters. The molecule has 0 aliphatic heterocycles. The zero-order chi connectivity index (χ0) is 18.5. The Hall–Kier alpha value is -2.02. The first-order valence-corrected chi connectivity index (χ1v) is 9.98. The summed E-state index contributed by atoms with van der Waals surface area (Å²) in [7, 11) is 1.55. The highest BCUT2D eigenvalue weighted by Crippen LogP contribution is 2.38. The second-order valence-corrected chi connectivity index (χ2v) is 8.12. The standard InChI is InChI=1S/C19H17ClN2O2S2/c1-12-11-25-19(21-12)26-17(13-6-4-3-5-7-13)18(23)22-14-8-9-16(24-2)15(20)10-14/h3-11,17H,1-2H3,(H,22,23). The number of hydrogen-bond donors (Lipinski definition) is 1. The number of nitrogens with one attached hydrogen (secondary N) is 1. The zero-order valence-corrected chi connectivity index (χ0v) is 16.6. The molecule has 1 amide bonds. The molecule has 26 heavy (non-hydrogen) atoms. The fourth-order valence-corrected chi connectivity index (χ4v) is 4.63. The number of aromatic nitrogens is 1. The van der Waals surface area contributed by atoms with Gasteiger partial charge in [0.05, 0.1) is 12.1 Å². The third-order valence-electron chi connectivity index (χ3n) is 3.58. The molecule has 0 aliphatic carbocycles. The number of nitrogens with zero attached hydrogens (tertiary/aromatic N) is 1. The van der Waals surface area contributed by atoms with Crippen molar-refractivity contribution in [1.82, 2.24) is 4.98 Å². The van der Waals surface area contributed by atoms with E-state index in [4.69, 9.17) is 16.3 Å². The number of amides is 1. The molecule has 0 fully saturated rings. The molecule has 1 aromatic heterocycles. The van der Waals surface area contributed by atoms with Crippen molar-refractivity contribution >= 4 is 46.3 Å². The predicted octanol–water partition coefficient (Wildman–Crippen LogP) is 5.59. The predicted molar refractivity (Wildman–Crippen MR) is 109 cm³/mol. The maximum atomic E-state index is 13.0. The molecular weight excluding hydrogens is 388 g/mol. The van der Waals surface area contributed by atoms with Gasteiger partial charge < -0.3 is 10.1 Å². The monoisotopic (exact) mass is 404 g/mol. The fourth-order valence-electron chi connectivity index (χ4n) is 2.34. The number of rotatable bonds is 6. The Kier molecular flexibility index (Phi) is 6.19. The summed E-state index contributed by atoms with van der Waals surface area (Å²) in [5.41, 5.74) is 2.49. The van der Waals surface area contributed by atoms with Crippen molar-refractivity contribution in [3.05, 3.63) is 70.2 Å². The summed E-state index contributed by atoms with van der Waals surface area (Å²) < 4.78 is 6.01. The summed E-state index contributed by atoms with van der Waals surface area (Å²) in [6.07, 6.45) is 0. The molecule has 1 N–H and O–H groups in total. The van der Waals surface area contributed by atoms with Crippen molar-refractivity contribution in [1.29, 1.82) is 0 Å². The van der Waals surface area contributed by atoms with E-state index < -0.39 is 5.25 Å². The van der Waals surface area contributed by atoms with Gasteiger partial charge in [-0.1, -0.05) is 53.7 Å². The normalized spacial score (nSPS) is 11.8. The second kappa shape index (κ2) is 8.58. The van der Waals surface area contributed by atoms with Crippen LogP contribution >= 0.6 is 34.7 Å². The van der Waals surface area contributed by atoms with Crippen molar-refractivity contribution in [2.24, 2.45) is 0 Å². The molecule has 3 rings (SSSR count). The third kappa shape index (κ3) is 4.58. The number of anilines is 1. The van der Waals surface area contributed by atoms with E-state index in [2.05, 4.69) is 10.3 Å². The van der Waals surface area contributed by atoms with Gasteiger partial charge in [-0.05, 0) is 30.7 Å². The summed E-state index contributed by atoms with van der Waals surface area (Å²) >= 11 is 9.13. The molecule has 1 atom stereocenters. The van der Waals surface area contributed by atoms with E-state index in [0.29, 0.717) is 16.5 Å². The van der Waals surface area contributed by atoms with Crippen LogP contribution in [0.4, 0.5) is 5.69 Å². The van der Waals surface area contributed by atoms with Gasteiger partial charge in [0, 0.05) is 16.8 Å². The number of thiazole rings is 1. The van der Waals surface area contributed by atoms with Crippen LogP contribution in [0.3, 0.4) is 0 Å². The van der Waals surface area contributed by atoms with Crippen LogP contribution in [-0.2, 0) is 4.79 Å². The van der Waals surface area contributed by atoms with E-state index in [-0.39, 0.29) is 5.91 Å². The van der Waals surface area contributed by atoms with Crippen LogP contribution in [0.25, 0.3) is 0 Å². The lowest BCUT2D eigenvalue weighted by atomic mass is 10.1. The Morgan fingerprint density at radius 2 is 2.04 bits per heavy atom. The lowest BCUT2D eigenvalue weighted by Crippen LogP contribution is -2.19. The number of aryl methyl sites for hydroxylation is 1. The first-order valence-electron chi connectivity index (χ1n) is 7.85. The first kappa shape index (κ1) is 18.8. The van der Waals surface area contributed by atoms with Crippen LogP contribution in [-0.4, -0.2) is 18.0 Å². The van der Waals surface area contributed by atoms with Crippen molar-refractivity contribution in [2.45, 2.75) is 16.5 Å². The maximum absolute atomic E-state index is 13.0. The van der Waals surface area contributed by atoms with Crippen LogP contribution in [0.15, 0.2) is 58.3 Å². The molecule has 0 saturated heterocycles. The maximum Gasteiger partial charge on any atom is 0.242 e. The van der Waals surface area contributed by atoms with Gasteiger partial charge in [-0.2, -0.15) is 0 Å². The number of ether oxygens (including phenoxy) is 1. The highest BCUT2D eigenvalue weighted by atomic mass is 35.5. The van der Waals surface area contributed by atoms with Gasteiger partial charge >= 0.3 is 0 Å². The molecule has 7 heteroatoms. The SMILES string of the molecule is COc1ccc(NC(=O)C(Sc2nc(C)cs2)c2ccccc2)cc1Cl. The Bertz CT molecular complexity index is 900. The zero-order valence-electron chi connectivity index (χ0n) is 14.2. The van der Waals surface area contributed by atoms with E-state index >= 15 is 0 Å². The summed E-state index contributed by atoms with van der Waals surface area (Å²) in [6.45, 7) is 1.94. The Morgan fingerprint density at radius 3 is 2.65 bits per heavy atom. The van der Waals surface area contributed by atoms with E-state index in [1.54, 1.807) is 25.3 Å². The minimum atomic E-state index is -0.414. The summed E-state index contributed by atoms with van der Waals surface area (Å²) in [4.78, 5) is 17.4. The van der Waals surface area contributed by atoms with Gasteiger partial charge in [-0.25, -0.2) is 4.98 Å². The minimum Gasteiger partial charge on any atom is -0.495 e. The summed E-state index contributed by atoms with van der Waals surface area (Å²) in [5.74, 6) is 0.437. The Labute approximate surface area is 165 Å². The van der Waals surface area contributed by atoms with Crippen molar-refractivity contribution < 1.29 is 9.53 Å². The largest absolute Gasteiger partial charge is 0.495 e. The average molecular weight is 405 g/mol. The van der Waals surface area contributed by atoms with Gasteiger partial charge in [-0.3, -0.25) is 4.79 Å². The number of carbonyl (C=O) groups is 1. The minimum absolute atomic E-state index is 0.129. The molecule has 0 radical (unpaired) electrons. The molecular formula is C19H17ClN2O2S2. The van der Waals surface area contributed by atoms with E-state index in [1.807, 2.05) is 42.6 Å². The molecule has 0 aliphatic rings. The van der Waals surface area contributed by atoms with Crippen LogP contribution in [0.5, 0.6) is 5.75 Å². The van der Waals surface area contributed by atoms with Crippen LogP contribution < -0.4 is 10.1 Å². The van der Waals surface area contributed by atoms with Crippen molar-refractivity contribution in [2.75, 3.05) is 12.4 Å². The molecule has 0 bridgehead atoms.